The van der Waals surface area contributed by atoms with Crippen molar-refractivity contribution in [1.29, 1.82) is 0 Å². The van der Waals surface area contributed by atoms with Crippen molar-refractivity contribution in [3.8, 4) is 5.75 Å². The number of nitrogens with one attached hydrogen (secondary N) is 1. The predicted molar refractivity (Wildman–Crippen MR) is 147 cm³/mol. The number of carbonyl (C=O) groups excluding carboxylic acids is 1. The maximum Gasteiger partial charge on any atom is 0.253 e. The number of phenolic OH excluding ortho intramolecular Hbond substituents is 1. The smallest absolute Gasteiger partial charge is 0.253 e. The Labute approximate surface area is 215 Å². The third kappa shape index (κ3) is 5.22. The number of para-hydroxylation sites is 1. The van der Waals surface area contributed by atoms with Gasteiger partial charge >= 0.3 is 0 Å². The quantitative estimate of drug-likeness (QED) is 0.322. The third-order valence-electron chi connectivity index (χ3n) is 6.46. The number of amides is 1. The molecule has 3 aromatic carbocycles. The van der Waals surface area contributed by atoms with E-state index in [0.717, 1.165) is 45.7 Å². The van der Waals surface area contributed by atoms with Crippen LogP contribution in [0.1, 0.15) is 21.5 Å². The number of pyridine rings is 1. The Morgan fingerprint density at radius 1 is 1.00 bits per heavy atom. The fourth-order valence-electron chi connectivity index (χ4n) is 4.42. The lowest BCUT2D eigenvalue weighted by Gasteiger charge is -2.35. The van der Waals surface area contributed by atoms with Gasteiger partial charge in [0.15, 0.2) is 0 Å². The summed E-state index contributed by atoms with van der Waals surface area (Å²) in [6.07, 6.45) is 3.57. The van der Waals surface area contributed by atoms with Crippen LogP contribution in [-0.2, 0) is 6.54 Å². The van der Waals surface area contributed by atoms with Gasteiger partial charge in [0.25, 0.3) is 5.91 Å². The second-order valence-electron chi connectivity index (χ2n) is 8.73. The average Bonchev–Trinajstić information content (AvgIpc) is 2.93. The molecule has 2 heterocycles. The zero-order valence-electron chi connectivity index (χ0n) is 19.9. The van der Waals surface area contributed by atoms with E-state index in [9.17, 15) is 9.90 Å². The van der Waals surface area contributed by atoms with Gasteiger partial charge in [-0.1, -0.05) is 43.0 Å². The molecule has 5 rings (SSSR count). The molecule has 2 N–H and O–H groups in total. The number of piperazine rings is 1. The minimum atomic E-state index is 0.0430. The van der Waals surface area contributed by atoms with Crippen LogP contribution in [0.25, 0.3) is 17.0 Å². The molecular formula is C29H28N4O2S. The lowest BCUT2D eigenvalue weighted by atomic mass is 10.1. The molecule has 0 atom stereocenters. The summed E-state index contributed by atoms with van der Waals surface area (Å²) >= 11 is 1.51. The molecule has 0 saturated carbocycles. The van der Waals surface area contributed by atoms with Crippen LogP contribution in [0.15, 0.2) is 90.5 Å². The van der Waals surface area contributed by atoms with Crippen molar-refractivity contribution in [3.05, 3.63) is 102 Å². The predicted octanol–water partition coefficient (Wildman–Crippen LogP) is 5.66. The molecule has 0 spiro atoms. The summed E-state index contributed by atoms with van der Waals surface area (Å²) in [7, 11) is 0. The number of phenols is 1. The summed E-state index contributed by atoms with van der Waals surface area (Å²) in [6, 6.07) is 23.2. The van der Waals surface area contributed by atoms with E-state index in [1.807, 2.05) is 59.5 Å². The zero-order chi connectivity index (χ0) is 24.9. The number of carbonyl (C=O) groups is 1. The van der Waals surface area contributed by atoms with Gasteiger partial charge in [-0.05, 0) is 60.0 Å². The summed E-state index contributed by atoms with van der Waals surface area (Å²) < 4.78 is 3.36. The first kappa shape index (κ1) is 23.9. The molecule has 1 fully saturated rings. The highest BCUT2D eigenvalue weighted by molar-refractivity contribution is 8.00. The van der Waals surface area contributed by atoms with Crippen LogP contribution in [-0.4, -0.2) is 52.0 Å². The first-order chi connectivity index (χ1) is 17.6. The minimum Gasteiger partial charge on any atom is -0.508 e. The number of rotatable bonds is 7. The van der Waals surface area contributed by atoms with Crippen molar-refractivity contribution in [2.75, 3.05) is 30.9 Å². The standard InChI is InChI=1S/C29H28N4O2S/c1-2-21-6-3-9-26(34)25(21)20-32-16-18-33(19-17-32)29(35)23-11-13-24(14-12-23)31-36-27-10-4-7-22-8-5-15-30-28(22)27/h2-15,31,34H,1,16-20H2. The van der Waals surface area contributed by atoms with Crippen molar-refractivity contribution in [1.82, 2.24) is 14.8 Å². The molecule has 1 aliphatic heterocycles. The van der Waals surface area contributed by atoms with E-state index in [1.165, 1.54) is 11.9 Å². The molecule has 1 saturated heterocycles. The number of nitrogens with zero attached hydrogens (tertiary/aromatic N) is 3. The van der Waals surface area contributed by atoms with Crippen LogP contribution in [0.3, 0.4) is 0 Å². The maximum absolute atomic E-state index is 13.1. The Kier molecular flexibility index (Phi) is 7.21. The van der Waals surface area contributed by atoms with Crippen molar-refractivity contribution in [2.45, 2.75) is 11.4 Å². The molecule has 1 aliphatic rings. The van der Waals surface area contributed by atoms with Gasteiger partial charge in [0.05, 0.1) is 10.4 Å². The molecular weight excluding hydrogens is 468 g/mol. The molecule has 0 radical (unpaired) electrons. The molecule has 0 unspecified atom stereocenters. The van der Waals surface area contributed by atoms with Crippen LogP contribution in [0.2, 0.25) is 0 Å². The van der Waals surface area contributed by atoms with Crippen LogP contribution in [0.4, 0.5) is 5.69 Å². The first-order valence-corrected chi connectivity index (χ1v) is 12.8. The molecule has 0 bridgehead atoms. The highest BCUT2D eigenvalue weighted by atomic mass is 32.2. The number of fused-ring (bicyclic) bond motifs is 1. The molecule has 4 aromatic rings. The van der Waals surface area contributed by atoms with Gasteiger partial charge in [-0.25, -0.2) is 0 Å². The number of aromatic nitrogens is 1. The van der Waals surface area contributed by atoms with Crippen molar-refractivity contribution in [2.24, 2.45) is 0 Å². The number of aromatic hydroxyl groups is 1. The third-order valence-corrected chi connectivity index (χ3v) is 7.34. The van der Waals surface area contributed by atoms with Crippen LogP contribution >= 0.6 is 11.9 Å². The Hall–Kier alpha value is -3.81. The largest absolute Gasteiger partial charge is 0.508 e. The molecule has 7 heteroatoms. The second kappa shape index (κ2) is 10.8. The normalized spacial score (nSPS) is 14.1. The maximum atomic E-state index is 13.1. The van der Waals surface area contributed by atoms with Crippen molar-refractivity contribution < 1.29 is 9.90 Å². The Bertz CT molecular complexity index is 1380. The lowest BCUT2D eigenvalue weighted by molar-refractivity contribution is 0.0627. The fraction of sp³-hybridized carbons (Fsp3) is 0.172. The minimum absolute atomic E-state index is 0.0430. The van der Waals surface area contributed by atoms with Gasteiger partial charge in [-0.3, -0.25) is 14.7 Å². The summed E-state index contributed by atoms with van der Waals surface area (Å²) in [5.74, 6) is 0.330. The summed E-state index contributed by atoms with van der Waals surface area (Å²) in [6.45, 7) is 7.30. The van der Waals surface area contributed by atoms with E-state index >= 15 is 0 Å². The second-order valence-corrected chi connectivity index (χ2v) is 9.58. The van der Waals surface area contributed by atoms with E-state index < -0.39 is 0 Å². The SMILES string of the molecule is C=Cc1cccc(O)c1CN1CCN(C(=O)c2ccc(NSc3cccc4cccnc34)cc2)CC1. The van der Waals surface area contributed by atoms with Gasteiger partial charge in [-0.2, -0.15) is 0 Å². The Morgan fingerprint density at radius 3 is 2.53 bits per heavy atom. The number of anilines is 1. The Balaban J connectivity index is 1.16. The Morgan fingerprint density at radius 2 is 1.75 bits per heavy atom. The van der Waals surface area contributed by atoms with Crippen LogP contribution in [0.5, 0.6) is 5.75 Å². The topological polar surface area (TPSA) is 68.7 Å². The van der Waals surface area contributed by atoms with Crippen molar-refractivity contribution >= 4 is 40.5 Å². The monoisotopic (exact) mass is 496 g/mol. The number of hydrogen-bond donors (Lipinski definition) is 2. The molecule has 1 aromatic heterocycles. The number of hydrogen-bond acceptors (Lipinski definition) is 6. The lowest BCUT2D eigenvalue weighted by Crippen LogP contribution is -2.48. The summed E-state index contributed by atoms with van der Waals surface area (Å²) in [5, 5.41) is 11.4. The van der Waals surface area contributed by atoms with E-state index in [-0.39, 0.29) is 11.7 Å². The van der Waals surface area contributed by atoms with E-state index in [4.69, 9.17) is 0 Å². The summed E-state index contributed by atoms with van der Waals surface area (Å²) in [5.41, 5.74) is 4.40. The van der Waals surface area contributed by atoms with Gasteiger partial charge in [0.2, 0.25) is 0 Å². The average molecular weight is 497 g/mol. The van der Waals surface area contributed by atoms with Gasteiger partial charge < -0.3 is 14.7 Å². The highest BCUT2D eigenvalue weighted by Gasteiger charge is 2.23. The molecule has 36 heavy (non-hydrogen) atoms. The zero-order valence-corrected chi connectivity index (χ0v) is 20.7. The van der Waals surface area contributed by atoms with Gasteiger partial charge in [-0.15, -0.1) is 0 Å². The number of benzene rings is 3. The van der Waals surface area contributed by atoms with Gasteiger partial charge in [0.1, 0.15) is 5.75 Å². The molecule has 6 nitrogen and oxygen atoms in total. The molecule has 1 amide bonds. The van der Waals surface area contributed by atoms with E-state index in [0.29, 0.717) is 25.2 Å². The highest BCUT2D eigenvalue weighted by Crippen LogP contribution is 2.28. The van der Waals surface area contributed by atoms with Crippen LogP contribution in [0, 0.1) is 0 Å². The van der Waals surface area contributed by atoms with E-state index in [1.54, 1.807) is 18.3 Å². The fourth-order valence-corrected chi connectivity index (χ4v) is 5.20. The van der Waals surface area contributed by atoms with E-state index in [2.05, 4.69) is 33.3 Å². The van der Waals surface area contributed by atoms with Crippen LogP contribution < -0.4 is 4.72 Å². The molecule has 182 valence electrons. The van der Waals surface area contributed by atoms with Gasteiger partial charge in [0, 0.05) is 61.1 Å². The van der Waals surface area contributed by atoms with Crippen molar-refractivity contribution in [3.63, 3.8) is 0 Å². The first-order valence-electron chi connectivity index (χ1n) is 11.9. The summed E-state index contributed by atoms with van der Waals surface area (Å²) in [4.78, 5) is 22.8. The molecule has 0 aliphatic carbocycles.